The lowest BCUT2D eigenvalue weighted by molar-refractivity contribution is -0.128. The summed E-state index contributed by atoms with van der Waals surface area (Å²) in [5, 5.41) is 6.50. The number of aryl methyl sites for hydroxylation is 2. The SMILES string of the molecule is Cc1ccc(CO[C@H](C)[C@H](CCC(N)=O)NC(=O)[C@@H]2Cc3cccc4c3N2C(=O)[C@@H](NC(=O)c2cc3cc(CP(=O)(O)O)ccc3[nH]2)CC4)cc1. The molecule has 0 saturated carbocycles. The van der Waals surface area contributed by atoms with Crippen molar-refractivity contribution in [3.63, 3.8) is 0 Å². The van der Waals surface area contributed by atoms with Gasteiger partial charge >= 0.3 is 7.60 Å². The second-order valence-electron chi connectivity index (χ2n) is 13.5. The topological polar surface area (TPSA) is 204 Å². The predicted molar refractivity (Wildman–Crippen MR) is 191 cm³/mol. The molecule has 2 aliphatic heterocycles. The van der Waals surface area contributed by atoms with Crippen molar-refractivity contribution in [1.82, 2.24) is 15.6 Å². The minimum absolute atomic E-state index is 0.0354. The van der Waals surface area contributed by atoms with Crippen LogP contribution in [0.2, 0.25) is 0 Å². The van der Waals surface area contributed by atoms with Crippen molar-refractivity contribution in [1.29, 1.82) is 0 Å². The Balaban J connectivity index is 1.19. The standard InChI is InChI=1S/C37H42N5O8P/c1-21-6-8-23(9-7-21)19-50-22(2)28(14-15-33(38)43)40-36(45)32-18-26-5-3-4-25-11-13-30(37(46)42(32)34(25)26)41-35(44)31-17-27-16-24(20-51(47,48)49)10-12-29(27)39-31/h3-10,12,16-17,22,28,30,32,39H,11,13-15,18-20H2,1-2H3,(H2,38,43)(H,40,45)(H,41,44)(H2,47,48,49)/t22-,28+,30+,32+/m1/s1. The Labute approximate surface area is 295 Å². The molecule has 2 aliphatic rings. The number of hydrogen-bond donors (Lipinski definition) is 6. The number of nitrogens with two attached hydrogens (primary N) is 1. The third-order valence-electron chi connectivity index (χ3n) is 9.56. The highest BCUT2D eigenvalue weighted by molar-refractivity contribution is 7.50. The zero-order valence-corrected chi connectivity index (χ0v) is 29.3. The van der Waals surface area contributed by atoms with Crippen LogP contribution in [0.15, 0.2) is 66.7 Å². The molecule has 1 aromatic heterocycles. The average Bonchev–Trinajstić information content (AvgIpc) is 3.65. The smallest absolute Gasteiger partial charge is 0.329 e. The summed E-state index contributed by atoms with van der Waals surface area (Å²) in [7, 11) is -4.28. The first kappa shape index (κ1) is 36.0. The number of carbonyl (C=O) groups is 4. The number of carbonyl (C=O) groups excluding carboxylic acids is 4. The monoisotopic (exact) mass is 715 g/mol. The molecule has 13 nitrogen and oxygen atoms in total. The number of nitrogens with zero attached hydrogens (tertiary/aromatic N) is 1. The van der Waals surface area contributed by atoms with Crippen LogP contribution in [0.1, 0.15) is 64.5 Å². The fourth-order valence-electron chi connectivity index (χ4n) is 6.88. The zero-order valence-electron chi connectivity index (χ0n) is 28.4. The van der Waals surface area contributed by atoms with Gasteiger partial charge in [0.25, 0.3) is 5.91 Å². The molecule has 4 amide bonds. The number of rotatable bonds is 13. The minimum atomic E-state index is -4.28. The molecule has 7 N–H and O–H groups in total. The summed E-state index contributed by atoms with van der Waals surface area (Å²) in [6.45, 7) is 4.13. The summed E-state index contributed by atoms with van der Waals surface area (Å²) in [4.78, 5) is 76.9. The Morgan fingerprint density at radius 1 is 1.06 bits per heavy atom. The maximum absolute atomic E-state index is 14.3. The van der Waals surface area contributed by atoms with Gasteiger partial charge in [-0.25, -0.2) is 0 Å². The predicted octanol–water partition coefficient (Wildman–Crippen LogP) is 3.51. The molecule has 0 fully saturated rings. The Morgan fingerprint density at radius 2 is 1.78 bits per heavy atom. The maximum atomic E-state index is 14.3. The lowest BCUT2D eigenvalue weighted by Crippen LogP contribution is -2.56. The molecule has 6 rings (SSSR count). The van der Waals surface area contributed by atoms with E-state index in [1.165, 1.54) is 4.90 Å². The summed E-state index contributed by atoms with van der Waals surface area (Å²) in [5.74, 6) is -1.85. The van der Waals surface area contributed by atoms with Crippen molar-refractivity contribution in [2.24, 2.45) is 5.73 Å². The Kier molecular flexibility index (Phi) is 10.5. The van der Waals surface area contributed by atoms with Crippen molar-refractivity contribution in [2.45, 2.75) is 82.9 Å². The molecule has 0 spiro atoms. The van der Waals surface area contributed by atoms with Gasteiger partial charge in [-0.3, -0.25) is 28.6 Å². The summed E-state index contributed by atoms with van der Waals surface area (Å²) >= 11 is 0. The van der Waals surface area contributed by atoms with E-state index < -0.39 is 61.6 Å². The molecule has 4 aromatic rings. The van der Waals surface area contributed by atoms with Crippen LogP contribution < -0.4 is 21.3 Å². The molecule has 3 aromatic carbocycles. The van der Waals surface area contributed by atoms with E-state index in [2.05, 4.69) is 15.6 Å². The van der Waals surface area contributed by atoms with Gasteiger partial charge in [0.15, 0.2) is 0 Å². The summed E-state index contributed by atoms with van der Waals surface area (Å²) < 4.78 is 17.6. The van der Waals surface area contributed by atoms with Gasteiger partial charge in [0, 0.05) is 23.7 Å². The van der Waals surface area contributed by atoms with Gasteiger partial charge < -0.3 is 35.9 Å². The Hall–Kier alpha value is -4.81. The lowest BCUT2D eigenvalue weighted by atomic mass is 10.0. The molecule has 14 heteroatoms. The van der Waals surface area contributed by atoms with Crippen LogP contribution >= 0.6 is 7.60 Å². The van der Waals surface area contributed by atoms with Gasteiger partial charge in [0.1, 0.15) is 17.8 Å². The minimum Gasteiger partial charge on any atom is -0.372 e. The molecule has 0 saturated heterocycles. The van der Waals surface area contributed by atoms with Crippen LogP contribution in [0.3, 0.4) is 0 Å². The number of aromatic nitrogens is 1. The number of primary amides is 1. The number of anilines is 1. The fourth-order valence-corrected chi connectivity index (χ4v) is 7.55. The van der Waals surface area contributed by atoms with E-state index >= 15 is 0 Å². The van der Waals surface area contributed by atoms with E-state index in [9.17, 15) is 33.5 Å². The molecular weight excluding hydrogens is 673 g/mol. The summed E-state index contributed by atoms with van der Waals surface area (Å²) in [6, 6.07) is 17.6. The number of ether oxygens (including phenoxy) is 1. The van der Waals surface area contributed by atoms with E-state index in [0.29, 0.717) is 41.6 Å². The van der Waals surface area contributed by atoms with E-state index in [1.807, 2.05) is 56.3 Å². The number of nitrogens with one attached hydrogen (secondary N) is 3. The van der Waals surface area contributed by atoms with Crippen LogP contribution in [0.25, 0.3) is 10.9 Å². The van der Waals surface area contributed by atoms with E-state index in [4.69, 9.17) is 10.5 Å². The molecule has 268 valence electrons. The van der Waals surface area contributed by atoms with Gasteiger partial charge in [0.2, 0.25) is 17.7 Å². The van der Waals surface area contributed by atoms with Gasteiger partial charge in [-0.1, -0.05) is 54.1 Å². The number of para-hydroxylation sites is 1. The van der Waals surface area contributed by atoms with Gasteiger partial charge in [-0.05, 0) is 73.6 Å². The van der Waals surface area contributed by atoms with E-state index in [0.717, 1.165) is 22.3 Å². The maximum Gasteiger partial charge on any atom is 0.329 e. The molecule has 3 heterocycles. The number of benzene rings is 3. The number of hydrogen-bond acceptors (Lipinski definition) is 6. The van der Waals surface area contributed by atoms with Crippen LogP contribution in [0.5, 0.6) is 0 Å². The molecule has 4 atom stereocenters. The second kappa shape index (κ2) is 14.8. The lowest BCUT2D eigenvalue weighted by Gasteiger charge is -2.31. The highest BCUT2D eigenvalue weighted by Gasteiger charge is 2.44. The largest absolute Gasteiger partial charge is 0.372 e. The van der Waals surface area contributed by atoms with Crippen LogP contribution in [0, 0.1) is 6.92 Å². The highest BCUT2D eigenvalue weighted by atomic mass is 31.2. The summed E-state index contributed by atoms with van der Waals surface area (Å²) in [6.07, 6.45) is 0.460. The fraction of sp³-hybridized carbons (Fsp3) is 0.351. The molecular formula is C37H42N5O8P. The first-order valence-electron chi connectivity index (χ1n) is 16.9. The van der Waals surface area contributed by atoms with Crippen LogP contribution in [0.4, 0.5) is 5.69 Å². The third kappa shape index (κ3) is 8.40. The summed E-state index contributed by atoms with van der Waals surface area (Å²) in [5.41, 5.74) is 11.2. The zero-order chi connectivity index (χ0) is 36.4. The molecule has 0 aliphatic carbocycles. The quantitative estimate of drug-likeness (QED) is 0.113. The highest BCUT2D eigenvalue weighted by Crippen LogP contribution is 2.40. The van der Waals surface area contributed by atoms with Gasteiger partial charge in [-0.2, -0.15) is 0 Å². The number of aromatic amines is 1. The second-order valence-corrected chi connectivity index (χ2v) is 15.1. The Bertz CT molecular complexity index is 2020. The molecule has 0 bridgehead atoms. The number of amides is 4. The van der Waals surface area contributed by atoms with E-state index in [1.54, 1.807) is 24.3 Å². The molecule has 51 heavy (non-hydrogen) atoms. The van der Waals surface area contributed by atoms with Crippen LogP contribution in [-0.4, -0.2) is 62.6 Å². The van der Waals surface area contributed by atoms with Crippen molar-refractivity contribution < 1.29 is 38.3 Å². The first-order chi connectivity index (χ1) is 24.3. The number of fused-ring (bicyclic) bond motifs is 1. The average molecular weight is 716 g/mol. The van der Waals surface area contributed by atoms with Crippen molar-refractivity contribution >= 4 is 47.8 Å². The van der Waals surface area contributed by atoms with Gasteiger partial charge in [-0.15, -0.1) is 0 Å². The van der Waals surface area contributed by atoms with Gasteiger partial charge in [0.05, 0.1) is 30.6 Å². The first-order valence-corrected chi connectivity index (χ1v) is 18.7. The Morgan fingerprint density at radius 3 is 2.51 bits per heavy atom. The third-order valence-corrected chi connectivity index (χ3v) is 10.3. The molecule has 0 unspecified atom stereocenters. The normalized spacial score (nSPS) is 18.2. The van der Waals surface area contributed by atoms with Crippen molar-refractivity contribution in [3.8, 4) is 0 Å². The van der Waals surface area contributed by atoms with E-state index in [-0.39, 0.29) is 25.0 Å². The van der Waals surface area contributed by atoms with Crippen molar-refractivity contribution in [3.05, 3.63) is 100 Å². The van der Waals surface area contributed by atoms with Crippen molar-refractivity contribution in [2.75, 3.05) is 4.90 Å². The molecule has 0 radical (unpaired) electrons. The van der Waals surface area contributed by atoms with Crippen LogP contribution in [-0.2, 0) is 49.3 Å². The number of H-pyrrole nitrogens is 1.